The van der Waals surface area contributed by atoms with Crippen molar-refractivity contribution < 1.29 is 0 Å². The van der Waals surface area contributed by atoms with Gasteiger partial charge in [-0.15, -0.1) is 5.10 Å². The van der Waals surface area contributed by atoms with E-state index in [1.54, 1.807) is 0 Å². The second-order valence-electron chi connectivity index (χ2n) is 6.33. The largest absolute Gasteiger partial charge is 0.322 e. The van der Waals surface area contributed by atoms with E-state index in [9.17, 15) is 0 Å². The number of aryl methyl sites for hydroxylation is 1. The molecule has 1 saturated carbocycles. The second kappa shape index (κ2) is 3.80. The molecule has 0 bridgehead atoms. The van der Waals surface area contributed by atoms with Crippen LogP contribution in [0.15, 0.2) is 6.20 Å². The molecule has 4 heteroatoms. The van der Waals surface area contributed by atoms with Crippen LogP contribution in [0.4, 0.5) is 0 Å². The standard InChI is InChI=1S/C13H24N4/c1-6-7-17-9(8-15-16-17)10(14)11-12(2,3)13(11,4)5/h8,10-11H,6-7,14H2,1-5H3. The highest BCUT2D eigenvalue weighted by molar-refractivity contribution is 5.21. The molecule has 0 aliphatic heterocycles. The summed E-state index contributed by atoms with van der Waals surface area (Å²) >= 11 is 0. The summed E-state index contributed by atoms with van der Waals surface area (Å²) < 4.78 is 1.95. The van der Waals surface area contributed by atoms with Gasteiger partial charge in [0.25, 0.3) is 0 Å². The van der Waals surface area contributed by atoms with Crippen molar-refractivity contribution in [3.05, 3.63) is 11.9 Å². The molecule has 0 aromatic carbocycles. The maximum Gasteiger partial charge on any atom is 0.0757 e. The lowest BCUT2D eigenvalue weighted by Crippen LogP contribution is -2.21. The zero-order chi connectivity index (χ0) is 12.8. The average molecular weight is 236 g/mol. The molecule has 17 heavy (non-hydrogen) atoms. The number of rotatable bonds is 4. The van der Waals surface area contributed by atoms with Crippen LogP contribution in [-0.4, -0.2) is 15.0 Å². The summed E-state index contributed by atoms with van der Waals surface area (Å²) in [4.78, 5) is 0. The molecule has 0 radical (unpaired) electrons. The van der Waals surface area contributed by atoms with Gasteiger partial charge in [0.1, 0.15) is 0 Å². The predicted molar refractivity (Wildman–Crippen MR) is 68.3 cm³/mol. The minimum Gasteiger partial charge on any atom is -0.322 e. The van der Waals surface area contributed by atoms with Crippen LogP contribution in [-0.2, 0) is 6.54 Å². The van der Waals surface area contributed by atoms with E-state index >= 15 is 0 Å². The number of nitrogens with zero attached hydrogens (tertiary/aromatic N) is 3. The Kier molecular flexibility index (Phi) is 2.81. The van der Waals surface area contributed by atoms with Gasteiger partial charge in [-0.3, -0.25) is 0 Å². The molecule has 1 fully saturated rings. The van der Waals surface area contributed by atoms with Gasteiger partial charge in [0.05, 0.1) is 17.9 Å². The zero-order valence-corrected chi connectivity index (χ0v) is 11.6. The van der Waals surface area contributed by atoms with Gasteiger partial charge in [-0.25, -0.2) is 4.68 Å². The van der Waals surface area contributed by atoms with Crippen LogP contribution in [0.2, 0.25) is 0 Å². The van der Waals surface area contributed by atoms with E-state index in [1.165, 1.54) is 0 Å². The van der Waals surface area contributed by atoms with Crippen molar-refractivity contribution in [3.8, 4) is 0 Å². The number of aromatic nitrogens is 3. The maximum atomic E-state index is 6.43. The summed E-state index contributed by atoms with van der Waals surface area (Å²) in [6.45, 7) is 12.2. The first-order valence-corrected chi connectivity index (χ1v) is 6.48. The lowest BCUT2D eigenvalue weighted by Gasteiger charge is -2.14. The van der Waals surface area contributed by atoms with E-state index in [2.05, 4.69) is 44.9 Å². The fourth-order valence-corrected chi connectivity index (χ4v) is 3.23. The van der Waals surface area contributed by atoms with Crippen molar-refractivity contribution in [2.45, 2.75) is 53.6 Å². The van der Waals surface area contributed by atoms with Gasteiger partial charge in [-0.2, -0.15) is 0 Å². The van der Waals surface area contributed by atoms with Crippen LogP contribution < -0.4 is 5.73 Å². The summed E-state index contributed by atoms with van der Waals surface area (Å²) in [6, 6.07) is 0.0431. The molecule has 1 heterocycles. The van der Waals surface area contributed by atoms with Gasteiger partial charge in [-0.1, -0.05) is 39.8 Å². The van der Waals surface area contributed by atoms with Crippen molar-refractivity contribution >= 4 is 0 Å². The van der Waals surface area contributed by atoms with E-state index < -0.39 is 0 Å². The van der Waals surface area contributed by atoms with Crippen LogP contribution in [0.25, 0.3) is 0 Å². The van der Waals surface area contributed by atoms with E-state index in [-0.39, 0.29) is 6.04 Å². The summed E-state index contributed by atoms with van der Waals surface area (Å²) in [5.41, 5.74) is 8.10. The first kappa shape index (κ1) is 12.6. The maximum absolute atomic E-state index is 6.43. The SMILES string of the molecule is CCCn1nncc1C(N)C1C(C)(C)C1(C)C. The van der Waals surface area contributed by atoms with Crippen LogP contribution in [0.1, 0.15) is 52.8 Å². The van der Waals surface area contributed by atoms with Crippen LogP contribution in [0.5, 0.6) is 0 Å². The number of hydrogen-bond acceptors (Lipinski definition) is 3. The summed E-state index contributed by atoms with van der Waals surface area (Å²) in [7, 11) is 0. The van der Waals surface area contributed by atoms with Crippen LogP contribution >= 0.6 is 0 Å². The van der Waals surface area contributed by atoms with E-state index in [4.69, 9.17) is 5.73 Å². The highest BCUT2D eigenvalue weighted by atomic mass is 15.4. The summed E-state index contributed by atoms with van der Waals surface area (Å²) in [5, 5.41) is 8.12. The van der Waals surface area contributed by atoms with Gasteiger partial charge < -0.3 is 5.73 Å². The highest BCUT2D eigenvalue weighted by Crippen LogP contribution is 2.71. The zero-order valence-electron chi connectivity index (χ0n) is 11.6. The Morgan fingerprint density at radius 2 is 1.94 bits per heavy atom. The van der Waals surface area contributed by atoms with Crippen molar-refractivity contribution in [3.63, 3.8) is 0 Å². The topological polar surface area (TPSA) is 56.7 Å². The van der Waals surface area contributed by atoms with Gasteiger partial charge in [0.15, 0.2) is 0 Å². The molecule has 1 unspecified atom stereocenters. The predicted octanol–water partition coefficient (Wildman–Crippen LogP) is 2.37. The van der Waals surface area contributed by atoms with Crippen molar-refractivity contribution in [1.82, 2.24) is 15.0 Å². The van der Waals surface area contributed by atoms with E-state index in [1.807, 2.05) is 10.9 Å². The number of nitrogens with two attached hydrogens (primary N) is 1. The van der Waals surface area contributed by atoms with Crippen molar-refractivity contribution in [1.29, 1.82) is 0 Å². The quantitative estimate of drug-likeness (QED) is 0.873. The first-order chi connectivity index (χ1) is 7.84. The third-order valence-corrected chi connectivity index (χ3v) is 4.92. The van der Waals surface area contributed by atoms with Crippen LogP contribution in [0.3, 0.4) is 0 Å². The third kappa shape index (κ3) is 1.69. The fraction of sp³-hybridized carbons (Fsp3) is 0.846. The van der Waals surface area contributed by atoms with Crippen molar-refractivity contribution in [2.24, 2.45) is 22.5 Å². The van der Waals surface area contributed by atoms with E-state index in [0.717, 1.165) is 18.7 Å². The van der Waals surface area contributed by atoms with E-state index in [0.29, 0.717) is 16.7 Å². The average Bonchev–Trinajstić information content (AvgIpc) is 2.58. The molecule has 2 rings (SSSR count). The monoisotopic (exact) mass is 236 g/mol. The smallest absolute Gasteiger partial charge is 0.0757 e. The first-order valence-electron chi connectivity index (χ1n) is 6.48. The van der Waals surface area contributed by atoms with Gasteiger partial charge in [0, 0.05) is 6.54 Å². The van der Waals surface area contributed by atoms with Crippen LogP contribution in [0, 0.1) is 16.7 Å². The molecule has 0 spiro atoms. The molecule has 1 aromatic rings. The van der Waals surface area contributed by atoms with Crippen molar-refractivity contribution in [2.75, 3.05) is 0 Å². The molecule has 0 saturated heterocycles. The molecule has 96 valence electrons. The molecule has 4 nitrogen and oxygen atoms in total. The molecule has 1 atom stereocenters. The molecule has 1 aliphatic rings. The molecular formula is C13H24N4. The van der Waals surface area contributed by atoms with Gasteiger partial charge in [0.2, 0.25) is 0 Å². The number of hydrogen-bond donors (Lipinski definition) is 1. The molecule has 2 N–H and O–H groups in total. The Bertz CT molecular complexity index is 391. The van der Waals surface area contributed by atoms with Gasteiger partial charge >= 0.3 is 0 Å². The summed E-state index contributed by atoms with van der Waals surface area (Å²) in [6.07, 6.45) is 2.88. The van der Waals surface area contributed by atoms with Gasteiger partial charge in [-0.05, 0) is 23.2 Å². The lowest BCUT2D eigenvalue weighted by atomic mass is 10.0. The Balaban J connectivity index is 2.22. The molecule has 1 aliphatic carbocycles. The molecular weight excluding hydrogens is 212 g/mol. The Morgan fingerprint density at radius 1 is 1.35 bits per heavy atom. The fourth-order valence-electron chi connectivity index (χ4n) is 3.23. The minimum atomic E-state index is 0.0431. The molecule has 0 amide bonds. The Labute approximate surface area is 104 Å². The highest BCUT2D eigenvalue weighted by Gasteiger charge is 2.67. The minimum absolute atomic E-state index is 0.0431. The second-order valence-corrected chi connectivity index (χ2v) is 6.33. The summed E-state index contributed by atoms with van der Waals surface area (Å²) in [5.74, 6) is 0.504. The molecule has 1 aromatic heterocycles. The lowest BCUT2D eigenvalue weighted by molar-refractivity contribution is 0.450. The third-order valence-electron chi connectivity index (χ3n) is 4.92. The Hall–Kier alpha value is -0.900. The Morgan fingerprint density at radius 3 is 2.41 bits per heavy atom. The normalized spacial score (nSPS) is 23.6.